The molecule has 1 aliphatic rings. The summed E-state index contributed by atoms with van der Waals surface area (Å²) in [5, 5.41) is 0. The van der Waals surface area contributed by atoms with Gasteiger partial charge in [-0.25, -0.2) is 0 Å². The van der Waals surface area contributed by atoms with Gasteiger partial charge in [-0.2, -0.15) is 0 Å². The Balaban J connectivity index is 1.75. The molecule has 0 aromatic heterocycles. The zero-order valence-corrected chi connectivity index (χ0v) is 16.0. The predicted octanol–water partition coefficient (Wildman–Crippen LogP) is 8.10. The van der Waals surface area contributed by atoms with E-state index in [0.29, 0.717) is 0 Å². The highest BCUT2D eigenvalue weighted by atomic mass is 14.2. The molecule has 0 nitrogen and oxygen atoms in total. The Morgan fingerprint density at radius 1 is 0.500 bits per heavy atom. The van der Waals surface area contributed by atoms with Gasteiger partial charge in [0.25, 0.3) is 0 Å². The Hall–Kier alpha value is -0.780. The lowest BCUT2D eigenvalue weighted by Crippen LogP contribution is -2.05. The molecule has 0 aliphatic heterocycles. The van der Waals surface area contributed by atoms with Gasteiger partial charge in [0.1, 0.15) is 0 Å². The van der Waals surface area contributed by atoms with Gasteiger partial charge in [0.05, 0.1) is 0 Å². The van der Waals surface area contributed by atoms with Crippen LogP contribution >= 0.6 is 0 Å². The molecule has 0 amide bonds. The maximum atomic E-state index is 2.32. The first kappa shape index (κ1) is 19.5. The molecule has 0 radical (unpaired) electrons. The van der Waals surface area contributed by atoms with E-state index >= 15 is 0 Å². The minimum Gasteiger partial charge on any atom is -0.0622 e. The molecule has 0 N–H and O–H groups in total. The van der Waals surface area contributed by atoms with Crippen molar-refractivity contribution < 1.29 is 0 Å². The largest absolute Gasteiger partial charge is 0.0622 e. The topological polar surface area (TPSA) is 0 Å². The summed E-state index contributed by atoms with van der Waals surface area (Å²) in [4.78, 5) is 0. The van der Waals surface area contributed by atoms with Gasteiger partial charge in [0.2, 0.25) is 0 Å². The highest BCUT2D eigenvalue weighted by Gasteiger charge is 2.10. The van der Waals surface area contributed by atoms with Crippen LogP contribution in [0.15, 0.2) is 30.3 Å². The zero-order chi connectivity index (χ0) is 16.7. The van der Waals surface area contributed by atoms with Gasteiger partial charge in [-0.05, 0) is 17.9 Å². The molecule has 0 saturated heterocycles. The number of benzene rings is 1. The van der Waals surface area contributed by atoms with Crippen LogP contribution < -0.4 is 0 Å². The van der Waals surface area contributed by atoms with E-state index < -0.39 is 0 Å². The molecule has 0 atom stereocenters. The second-order valence-corrected chi connectivity index (χ2v) is 8.08. The second kappa shape index (κ2) is 13.5. The maximum absolute atomic E-state index is 2.32. The lowest BCUT2D eigenvalue weighted by Gasteiger charge is -2.17. The summed E-state index contributed by atoms with van der Waals surface area (Å²) in [6, 6.07) is 11.2. The predicted molar refractivity (Wildman–Crippen MR) is 108 cm³/mol. The molecular formula is C24H40. The van der Waals surface area contributed by atoms with Crippen LogP contribution in [0.4, 0.5) is 0 Å². The molecule has 0 unspecified atom stereocenters. The summed E-state index contributed by atoms with van der Waals surface area (Å²) in [6.45, 7) is 0. The van der Waals surface area contributed by atoms with Gasteiger partial charge >= 0.3 is 0 Å². The van der Waals surface area contributed by atoms with E-state index in [4.69, 9.17) is 0 Å². The molecule has 1 aromatic carbocycles. The summed E-state index contributed by atoms with van der Waals surface area (Å²) < 4.78 is 0. The van der Waals surface area contributed by atoms with Crippen LogP contribution in [0.2, 0.25) is 0 Å². The summed E-state index contributed by atoms with van der Waals surface area (Å²) in [5.74, 6) is 0.920. The molecule has 1 fully saturated rings. The molecule has 136 valence electrons. The minimum absolute atomic E-state index is 0.920. The number of rotatable bonds is 2. The van der Waals surface area contributed by atoms with Crippen molar-refractivity contribution in [2.24, 2.45) is 5.92 Å². The third-order valence-electron chi connectivity index (χ3n) is 5.84. The Bertz CT molecular complexity index is 362. The lowest BCUT2D eigenvalue weighted by atomic mass is 9.89. The fourth-order valence-corrected chi connectivity index (χ4v) is 4.28. The first-order valence-corrected chi connectivity index (χ1v) is 11.0. The molecular weight excluding hydrogens is 288 g/mol. The van der Waals surface area contributed by atoms with Crippen molar-refractivity contribution in [2.75, 3.05) is 0 Å². The van der Waals surface area contributed by atoms with E-state index in [-0.39, 0.29) is 0 Å². The highest BCUT2D eigenvalue weighted by molar-refractivity contribution is 5.15. The third-order valence-corrected chi connectivity index (χ3v) is 5.84. The summed E-state index contributed by atoms with van der Waals surface area (Å²) in [6.07, 6.45) is 24.8. The van der Waals surface area contributed by atoms with Crippen molar-refractivity contribution >= 4 is 0 Å². The highest BCUT2D eigenvalue weighted by Crippen LogP contribution is 2.23. The molecule has 1 aromatic rings. The monoisotopic (exact) mass is 328 g/mol. The maximum Gasteiger partial charge on any atom is -0.0250 e. The fraction of sp³-hybridized carbons (Fsp3) is 0.750. The van der Waals surface area contributed by atoms with Crippen LogP contribution in [-0.2, 0) is 6.42 Å². The molecule has 0 heteroatoms. The number of hydrogen-bond acceptors (Lipinski definition) is 0. The van der Waals surface area contributed by atoms with Crippen molar-refractivity contribution in [1.82, 2.24) is 0 Å². The van der Waals surface area contributed by atoms with Gasteiger partial charge in [-0.1, -0.05) is 133 Å². The van der Waals surface area contributed by atoms with Crippen molar-refractivity contribution in [2.45, 2.75) is 109 Å². The van der Waals surface area contributed by atoms with Gasteiger partial charge < -0.3 is 0 Å². The standard InChI is InChI=1S/C24H40/c1-2-4-6-8-10-12-15-19-23(18-14-11-9-7-5-3-1)22-24-20-16-13-17-21-24/h13,16-17,20-21,23H,1-12,14-15,18-19,22H2. The van der Waals surface area contributed by atoms with Crippen LogP contribution in [0.25, 0.3) is 0 Å². The number of hydrogen-bond donors (Lipinski definition) is 0. The van der Waals surface area contributed by atoms with Crippen molar-refractivity contribution in [3.63, 3.8) is 0 Å². The van der Waals surface area contributed by atoms with E-state index in [2.05, 4.69) is 30.3 Å². The molecule has 0 bridgehead atoms. The van der Waals surface area contributed by atoms with Crippen molar-refractivity contribution in [3.05, 3.63) is 35.9 Å². The Morgan fingerprint density at radius 2 is 0.875 bits per heavy atom. The normalized spacial score (nSPS) is 21.2. The third kappa shape index (κ3) is 9.50. The molecule has 24 heavy (non-hydrogen) atoms. The molecule has 1 saturated carbocycles. The molecule has 0 heterocycles. The average Bonchev–Trinajstić information content (AvgIpc) is 2.61. The van der Waals surface area contributed by atoms with Gasteiger partial charge in [-0.15, -0.1) is 0 Å². The van der Waals surface area contributed by atoms with Crippen LogP contribution in [0.1, 0.15) is 108 Å². The minimum atomic E-state index is 0.920. The van der Waals surface area contributed by atoms with E-state index in [9.17, 15) is 0 Å². The molecule has 2 rings (SSSR count). The van der Waals surface area contributed by atoms with E-state index in [1.807, 2.05) is 0 Å². The van der Waals surface area contributed by atoms with Gasteiger partial charge in [0, 0.05) is 0 Å². The van der Waals surface area contributed by atoms with Crippen LogP contribution in [0, 0.1) is 5.92 Å². The lowest BCUT2D eigenvalue weighted by molar-refractivity contribution is 0.401. The Morgan fingerprint density at radius 3 is 1.29 bits per heavy atom. The van der Waals surface area contributed by atoms with E-state index in [1.165, 1.54) is 109 Å². The second-order valence-electron chi connectivity index (χ2n) is 8.08. The van der Waals surface area contributed by atoms with E-state index in [1.54, 1.807) is 5.56 Å². The first-order valence-electron chi connectivity index (χ1n) is 11.0. The average molecular weight is 329 g/mol. The Kier molecular flexibility index (Phi) is 11.0. The van der Waals surface area contributed by atoms with Crippen molar-refractivity contribution in [1.29, 1.82) is 0 Å². The van der Waals surface area contributed by atoms with E-state index in [0.717, 1.165) is 5.92 Å². The fourth-order valence-electron chi connectivity index (χ4n) is 4.28. The quantitative estimate of drug-likeness (QED) is 0.514. The summed E-state index contributed by atoms with van der Waals surface area (Å²) in [7, 11) is 0. The molecule has 0 spiro atoms. The summed E-state index contributed by atoms with van der Waals surface area (Å²) >= 11 is 0. The summed E-state index contributed by atoms with van der Waals surface area (Å²) in [5.41, 5.74) is 1.55. The SMILES string of the molecule is c1ccc(CC2CCCCCCCCCCCCCCCC2)cc1. The van der Waals surface area contributed by atoms with Gasteiger partial charge in [0.15, 0.2) is 0 Å². The van der Waals surface area contributed by atoms with Gasteiger partial charge in [-0.3, -0.25) is 0 Å². The van der Waals surface area contributed by atoms with Crippen LogP contribution in [-0.4, -0.2) is 0 Å². The van der Waals surface area contributed by atoms with Crippen LogP contribution in [0.5, 0.6) is 0 Å². The first-order chi connectivity index (χ1) is 11.9. The van der Waals surface area contributed by atoms with Crippen molar-refractivity contribution in [3.8, 4) is 0 Å². The Labute approximate surface area is 151 Å². The van der Waals surface area contributed by atoms with Crippen LogP contribution in [0.3, 0.4) is 0 Å². The smallest absolute Gasteiger partial charge is 0.0250 e. The molecule has 1 aliphatic carbocycles. The zero-order valence-electron chi connectivity index (χ0n) is 16.0.